The normalized spacial score (nSPS) is 7.30. The van der Waals surface area contributed by atoms with E-state index in [1.807, 2.05) is 0 Å². The van der Waals surface area contributed by atoms with Crippen LogP contribution in [0.5, 0.6) is 0 Å². The van der Waals surface area contributed by atoms with Crippen molar-refractivity contribution >= 4 is 29.0 Å². The van der Waals surface area contributed by atoms with Crippen LogP contribution in [0.25, 0.3) is 0 Å². The lowest BCUT2D eigenvalue weighted by Gasteiger charge is -1.89. The van der Waals surface area contributed by atoms with Gasteiger partial charge in [0.25, 0.3) is 0 Å². The van der Waals surface area contributed by atoms with Gasteiger partial charge in [0.2, 0.25) is 0 Å². The molecule has 0 saturated carbocycles. The van der Waals surface area contributed by atoms with Crippen molar-refractivity contribution < 1.29 is 20.5 Å². The number of hydrogen-bond acceptors (Lipinski definition) is 2. The van der Waals surface area contributed by atoms with E-state index in [0.717, 1.165) is 0 Å². The Hall–Kier alpha value is 0.156. The Morgan fingerprint density at radius 3 is 2.10 bits per heavy atom. The number of carboxylic acid groups (broad SMARTS) is 1. The highest BCUT2D eigenvalue weighted by atomic mass is 24.3. The largest absolute Gasteiger partial charge is 0.481 e. The molecule has 0 unspecified atom stereocenters. The molecule has 5 heteroatoms. The molecule has 0 aliphatic rings. The van der Waals surface area contributed by atoms with Crippen molar-refractivity contribution in [3.8, 4) is 0 Å². The molecule has 0 atom stereocenters. The van der Waals surface area contributed by atoms with Gasteiger partial charge in [0.05, 0.1) is 0 Å². The van der Waals surface area contributed by atoms with Gasteiger partial charge in [-0.1, -0.05) is 0 Å². The number of rotatable bonds is 4. The first-order chi connectivity index (χ1) is 3.77. The van der Waals surface area contributed by atoms with Crippen LogP contribution < -0.4 is 0 Å². The highest BCUT2D eigenvalue weighted by Crippen LogP contribution is 1.92. The Morgan fingerprint density at radius 1 is 1.30 bits per heavy atom. The summed E-state index contributed by atoms with van der Waals surface area (Å²) >= 11 is 0. The molecule has 0 rings (SSSR count). The van der Waals surface area contributed by atoms with Crippen LogP contribution in [0.15, 0.2) is 0 Å². The summed E-state index contributed by atoms with van der Waals surface area (Å²) in [4.78, 5) is 9.79. The maximum Gasteiger partial charge on any atom is 0.316 e. The van der Waals surface area contributed by atoms with Crippen LogP contribution in [0.4, 0.5) is 0 Å². The first-order valence-corrected chi connectivity index (χ1v) is 2.60. The summed E-state index contributed by atoms with van der Waals surface area (Å²) in [5.74, 6) is -0.793. The zero-order chi connectivity index (χ0) is 6.41. The Morgan fingerprint density at radius 2 is 1.80 bits per heavy atom. The van der Waals surface area contributed by atoms with Crippen LogP contribution in [0.1, 0.15) is 19.3 Å². The van der Waals surface area contributed by atoms with Crippen LogP contribution in [0.3, 0.4) is 0 Å². The predicted molar refractivity (Wildman–Crippen MR) is 40.7 cm³/mol. The molecule has 0 aromatic heterocycles. The number of aliphatic hydroxyl groups is 1. The number of carboxylic acids is 1. The predicted octanol–water partition coefficient (Wildman–Crippen LogP) is -1.51. The van der Waals surface area contributed by atoms with E-state index in [1.165, 1.54) is 0 Å². The lowest BCUT2D eigenvalue weighted by Crippen LogP contribution is -1.94. The number of carbonyl (C=O) groups is 1. The Kier molecular flexibility index (Phi) is 19.8. The van der Waals surface area contributed by atoms with Crippen molar-refractivity contribution in [2.24, 2.45) is 0 Å². The summed E-state index contributed by atoms with van der Waals surface area (Å²) in [6.45, 7) is 0.0906. The minimum Gasteiger partial charge on any atom is -0.481 e. The topological polar surface area (TPSA) is 89.0 Å². The van der Waals surface area contributed by atoms with Crippen LogP contribution in [0.2, 0.25) is 0 Å². The molecule has 0 amide bonds. The number of aliphatic hydroxyl groups excluding tert-OH is 1. The van der Waals surface area contributed by atoms with Crippen LogP contribution in [0, 0.1) is 0 Å². The van der Waals surface area contributed by atoms with Crippen LogP contribution in [-0.4, -0.2) is 51.3 Å². The van der Waals surface area contributed by atoms with Crippen molar-refractivity contribution in [2.75, 3.05) is 6.61 Å². The lowest BCUT2D eigenvalue weighted by molar-refractivity contribution is -0.137. The molecule has 0 spiro atoms. The molecule has 4 nitrogen and oxygen atoms in total. The molecule has 0 heterocycles. The second kappa shape index (κ2) is 11.9. The fraction of sp³-hybridized carbons (Fsp3) is 0.800. The first kappa shape index (κ1) is 16.6. The average Bonchev–Trinajstić information content (AvgIpc) is 1.66. The fourth-order valence-electron chi connectivity index (χ4n) is 0.388. The molecule has 0 saturated heterocycles. The minimum absolute atomic E-state index is 0. The zero-order valence-corrected chi connectivity index (χ0v) is 5.13. The van der Waals surface area contributed by atoms with E-state index in [-0.39, 0.29) is 41.6 Å². The molecule has 60 valence electrons. The summed E-state index contributed by atoms with van der Waals surface area (Å²) in [7, 11) is 0. The minimum atomic E-state index is -0.793. The molecule has 0 bridgehead atoms. The van der Waals surface area contributed by atoms with E-state index in [1.54, 1.807) is 0 Å². The van der Waals surface area contributed by atoms with Gasteiger partial charge in [-0.15, -0.1) is 0 Å². The second-order valence-corrected chi connectivity index (χ2v) is 1.57. The van der Waals surface area contributed by atoms with Gasteiger partial charge in [0.15, 0.2) is 0 Å². The molecule has 0 fully saturated rings. The standard InChI is InChI=1S/C5H10O3.Mg.H2O.2H/c6-4-2-1-3-5(7)8;;;;/h6H,1-4H2,(H,7,8);;1H2;;. The van der Waals surface area contributed by atoms with E-state index < -0.39 is 5.97 Å². The summed E-state index contributed by atoms with van der Waals surface area (Å²) in [5, 5.41) is 16.2. The smallest absolute Gasteiger partial charge is 0.316 e. The molecule has 0 aromatic carbocycles. The Balaban J connectivity index is -0.000000245. The third-order valence-corrected chi connectivity index (χ3v) is 0.799. The number of hydrogen-bond donors (Lipinski definition) is 2. The van der Waals surface area contributed by atoms with Gasteiger partial charge in [-0.25, -0.2) is 0 Å². The van der Waals surface area contributed by atoms with Gasteiger partial charge in [-0.05, 0) is 12.8 Å². The molecule has 0 aromatic rings. The van der Waals surface area contributed by atoms with Crippen LogP contribution >= 0.6 is 0 Å². The Bertz CT molecular complexity index is 76.0. The highest BCUT2D eigenvalue weighted by Gasteiger charge is 1.93. The fourth-order valence-corrected chi connectivity index (χ4v) is 0.388. The lowest BCUT2D eigenvalue weighted by atomic mass is 10.2. The highest BCUT2D eigenvalue weighted by molar-refractivity contribution is 5.75. The van der Waals surface area contributed by atoms with Gasteiger partial charge in [-0.3, -0.25) is 4.79 Å². The summed E-state index contributed by atoms with van der Waals surface area (Å²) in [5.41, 5.74) is 0. The zero-order valence-electron chi connectivity index (χ0n) is 5.13. The molecule has 10 heavy (non-hydrogen) atoms. The quantitative estimate of drug-likeness (QED) is 0.389. The van der Waals surface area contributed by atoms with Crippen molar-refractivity contribution in [1.82, 2.24) is 0 Å². The van der Waals surface area contributed by atoms with Crippen molar-refractivity contribution in [3.05, 3.63) is 0 Å². The summed E-state index contributed by atoms with van der Waals surface area (Å²) < 4.78 is 0. The SMILES string of the molecule is O.O=C(O)CCCCO.[MgH2]. The van der Waals surface area contributed by atoms with E-state index in [0.29, 0.717) is 12.8 Å². The Labute approximate surface area is 75.7 Å². The van der Waals surface area contributed by atoms with E-state index in [4.69, 9.17) is 10.2 Å². The third kappa shape index (κ3) is 15.7. The summed E-state index contributed by atoms with van der Waals surface area (Å²) in [6.07, 6.45) is 1.33. The molecular formula is C5H14MgO4. The maximum absolute atomic E-state index is 9.79. The van der Waals surface area contributed by atoms with Gasteiger partial charge in [0, 0.05) is 13.0 Å². The van der Waals surface area contributed by atoms with Gasteiger partial charge in [-0.2, -0.15) is 0 Å². The van der Waals surface area contributed by atoms with Crippen molar-refractivity contribution in [3.63, 3.8) is 0 Å². The van der Waals surface area contributed by atoms with Crippen LogP contribution in [-0.2, 0) is 4.79 Å². The first-order valence-electron chi connectivity index (χ1n) is 2.60. The molecule has 0 radical (unpaired) electrons. The monoisotopic (exact) mass is 162 g/mol. The number of aliphatic carboxylic acids is 1. The van der Waals surface area contributed by atoms with Crippen molar-refractivity contribution in [2.45, 2.75) is 19.3 Å². The van der Waals surface area contributed by atoms with E-state index in [9.17, 15) is 4.79 Å². The van der Waals surface area contributed by atoms with Crippen molar-refractivity contribution in [1.29, 1.82) is 0 Å². The average molecular weight is 162 g/mol. The van der Waals surface area contributed by atoms with Gasteiger partial charge < -0.3 is 15.7 Å². The molecule has 4 N–H and O–H groups in total. The molecular weight excluding hydrogens is 148 g/mol. The van der Waals surface area contributed by atoms with Gasteiger partial charge >= 0.3 is 29.0 Å². The summed E-state index contributed by atoms with van der Waals surface area (Å²) in [6, 6.07) is 0. The van der Waals surface area contributed by atoms with E-state index >= 15 is 0 Å². The second-order valence-electron chi connectivity index (χ2n) is 1.57. The molecule has 0 aliphatic carbocycles. The molecule has 0 aliphatic heterocycles. The van der Waals surface area contributed by atoms with E-state index in [2.05, 4.69) is 0 Å². The third-order valence-electron chi connectivity index (χ3n) is 0.799. The maximum atomic E-state index is 9.79. The number of unbranched alkanes of at least 4 members (excludes halogenated alkanes) is 1. The van der Waals surface area contributed by atoms with Gasteiger partial charge in [0.1, 0.15) is 0 Å².